The van der Waals surface area contributed by atoms with Gasteiger partial charge >= 0.3 is 0 Å². The molecule has 0 aliphatic carbocycles. The zero-order valence-corrected chi connectivity index (χ0v) is 16.6. The summed E-state index contributed by atoms with van der Waals surface area (Å²) in [5, 5.41) is 7.36. The Hall–Kier alpha value is -4.07. The second kappa shape index (κ2) is 7.64. The minimum absolute atomic E-state index is 0.0602. The molecule has 3 amide bonds. The monoisotopic (exact) mass is 413 g/mol. The molecule has 31 heavy (non-hydrogen) atoms. The molecular formula is C23H19N5O3. The molecule has 2 aliphatic rings. The average Bonchev–Trinajstić information content (AvgIpc) is 3.09. The first kappa shape index (κ1) is 18.9. The highest BCUT2D eigenvalue weighted by Crippen LogP contribution is 2.27. The van der Waals surface area contributed by atoms with Gasteiger partial charge in [-0.25, -0.2) is 4.90 Å². The SMILES string of the molecule is O=C(c1ccc(N2C(=O)c3cnncc3C2=O)cc1)N1CCN(c2ccccc2)CC1. The Labute approximate surface area is 178 Å². The van der Waals surface area contributed by atoms with E-state index in [2.05, 4.69) is 27.2 Å². The predicted octanol–water partition coefficient (Wildman–Crippen LogP) is 2.24. The molecule has 0 unspecified atom stereocenters. The van der Waals surface area contributed by atoms with Crippen molar-refractivity contribution in [2.45, 2.75) is 0 Å². The van der Waals surface area contributed by atoms with Crippen LogP contribution >= 0.6 is 0 Å². The number of piperazine rings is 1. The second-order valence-electron chi connectivity index (χ2n) is 7.42. The number of aromatic nitrogens is 2. The van der Waals surface area contributed by atoms with E-state index >= 15 is 0 Å². The van der Waals surface area contributed by atoms with Crippen molar-refractivity contribution in [3.05, 3.63) is 83.7 Å². The number of rotatable bonds is 3. The van der Waals surface area contributed by atoms with Crippen molar-refractivity contribution in [1.82, 2.24) is 15.1 Å². The van der Waals surface area contributed by atoms with E-state index in [0.29, 0.717) is 24.3 Å². The van der Waals surface area contributed by atoms with Crippen molar-refractivity contribution in [2.75, 3.05) is 36.0 Å². The van der Waals surface area contributed by atoms with Crippen LogP contribution in [0, 0.1) is 0 Å². The second-order valence-corrected chi connectivity index (χ2v) is 7.42. The van der Waals surface area contributed by atoms with E-state index in [9.17, 15) is 14.4 Å². The van der Waals surface area contributed by atoms with Crippen molar-refractivity contribution in [3.8, 4) is 0 Å². The Morgan fingerprint density at radius 1 is 0.710 bits per heavy atom. The number of amides is 3. The molecule has 1 fully saturated rings. The van der Waals surface area contributed by atoms with Gasteiger partial charge in [0.1, 0.15) is 0 Å². The molecule has 154 valence electrons. The minimum Gasteiger partial charge on any atom is -0.368 e. The molecule has 1 saturated heterocycles. The maximum absolute atomic E-state index is 12.9. The van der Waals surface area contributed by atoms with Crippen molar-refractivity contribution < 1.29 is 14.4 Å². The third-order valence-electron chi connectivity index (χ3n) is 5.66. The van der Waals surface area contributed by atoms with E-state index in [1.807, 2.05) is 23.1 Å². The number of hydrogen-bond donors (Lipinski definition) is 0. The number of imide groups is 1. The summed E-state index contributed by atoms with van der Waals surface area (Å²) in [7, 11) is 0. The lowest BCUT2D eigenvalue weighted by molar-refractivity contribution is 0.0746. The van der Waals surface area contributed by atoms with Crippen LogP contribution in [0.2, 0.25) is 0 Å². The third-order valence-corrected chi connectivity index (χ3v) is 5.66. The number of hydrogen-bond acceptors (Lipinski definition) is 6. The van der Waals surface area contributed by atoms with Crippen LogP contribution in [-0.4, -0.2) is 59.0 Å². The number of carbonyl (C=O) groups is 3. The Balaban J connectivity index is 1.27. The summed E-state index contributed by atoms with van der Waals surface area (Å²) in [6.07, 6.45) is 2.59. The van der Waals surface area contributed by atoms with Crippen LogP contribution in [0.4, 0.5) is 11.4 Å². The molecule has 2 aromatic carbocycles. The van der Waals surface area contributed by atoms with Crippen molar-refractivity contribution in [1.29, 1.82) is 0 Å². The summed E-state index contributed by atoms with van der Waals surface area (Å²) in [5.74, 6) is -0.938. The molecule has 2 aliphatic heterocycles. The molecule has 0 bridgehead atoms. The maximum Gasteiger partial charge on any atom is 0.267 e. The van der Waals surface area contributed by atoms with Gasteiger partial charge in [-0.1, -0.05) is 18.2 Å². The quantitative estimate of drug-likeness (QED) is 0.612. The van der Waals surface area contributed by atoms with Crippen molar-refractivity contribution in [2.24, 2.45) is 0 Å². The largest absolute Gasteiger partial charge is 0.368 e. The first-order valence-electron chi connectivity index (χ1n) is 10.0. The zero-order chi connectivity index (χ0) is 21.4. The van der Waals surface area contributed by atoms with Gasteiger partial charge in [0, 0.05) is 37.4 Å². The summed E-state index contributed by atoms with van der Waals surface area (Å²) in [6.45, 7) is 2.80. The van der Waals surface area contributed by atoms with E-state index in [4.69, 9.17) is 0 Å². The molecule has 0 N–H and O–H groups in total. The Morgan fingerprint density at radius 2 is 1.29 bits per heavy atom. The molecule has 3 heterocycles. The fourth-order valence-corrected chi connectivity index (χ4v) is 3.97. The molecular weight excluding hydrogens is 394 g/mol. The summed E-state index contributed by atoms with van der Waals surface area (Å²) in [6, 6.07) is 16.7. The van der Waals surface area contributed by atoms with E-state index in [-0.39, 0.29) is 17.0 Å². The van der Waals surface area contributed by atoms with Gasteiger partial charge in [0.2, 0.25) is 0 Å². The number of benzene rings is 2. The fourth-order valence-electron chi connectivity index (χ4n) is 3.97. The molecule has 8 heteroatoms. The smallest absolute Gasteiger partial charge is 0.267 e. The van der Waals surface area contributed by atoms with Crippen LogP contribution in [0.25, 0.3) is 0 Å². The van der Waals surface area contributed by atoms with Gasteiger partial charge in [0.15, 0.2) is 0 Å². The number of anilines is 2. The highest BCUT2D eigenvalue weighted by molar-refractivity contribution is 6.34. The van der Waals surface area contributed by atoms with E-state index in [1.54, 1.807) is 24.3 Å². The van der Waals surface area contributed by atoms with Crippen LogP contribution in [0.5, 0.6) is 0 Å². The fraction of sp³-hybridized carbons (Fsp3) is 0.174. The lowest BCUT2D eigenvalue weighted by Crippen LogP contribution is -2.48. The summed E-state index contributed by atoms with van der Waals surface area (Å²) in [5.41, 5.74) is 2.56. The van der Waals surface area contributed by atoms with Crippen LogP contribution in [0.3, 0.4) is 0 Å². The number of fused-ring (bicyclic) bond motifs is 1. The van der Waals surface area contributed by atoms with E-state index in [0.717, 1.165) is 23.7 Å². The molecule has 0 atom stereocenters. The van der Waals surface area contributed by atoms with Crippen molar-refractivity contribution in [3.63, 3.8) is 0 Å². The molecule has 1 aromatic heterocycles. The van der Waals surface area contributed by atoms with E-state index < -0.39 is 11.8 Å². The minimum atomic E-state index is -0.439. The number of para-hydroxylation sites is 1. The third kappa shape index (κ3) is 3.31. The first-order chi connectivity index (χ1) is 15.1. The van der Waals surface area contributed by atoms with Gasteiger partial charge in [-0.3, -0.25) is 14.4 Å². The highest BCUT2D eigenvalue weighted by atomic mass is 16.2. The standard InChI is InChI=1S/C23H19N5O3/c29-21(27-12-10-26(11-13-27)17-4-2-1-3-5-17)16-6-8-18(9-7-16)28-22(30)19-14-24-25-15-20(19)23(28)31/h1-9,14-15H,10-13H2. The average molecular weight is 413 g/mol. The Kier molecular flexibility index (Phi) is 4.66. The van der Waals surface area contributed by atoms with E-state index in [1.165, 1.54) is 12.4 Å². The van der Waals surface area contributed by atoms with Crippen molar-refractivity contribution >= 4 is 29.1 Å². The predicted molar refractivity (Wildman–Crippen MR) is 114 cm³/mol. The van der Waals surface area contributed by atoms with Crippen LogP contribution in [-0.2, 0) is 0 Å². The summed E-state index contributed by atoms with van der Waals surface area (Å²) >= 11 is 0. The molecule has 0 saturated carbocycles. The number of carbonyl (C=O) groups excluding carboxylic acids is 3. The van der Waals surface area contributed by atoms with Gasteiger partial charge < -0.3 is 9.80 Å². The summed E-state index contributed by atoms with van der Waals surface area (Å²) in [4.78, 5) is 43.3. The van der Waals surface area contributed by atoms with Crippen LogP contribution in [0.1, 0.15) is 31.1 Å². The normalized spacial score (nSPS) is 15.9. The molecule has 0 radical (unpaired) electrons. The van der Waals surface area contributed by atoms with Gasteiger partial charge in [-0.05, 0) is 36.4 Å². The lowest BCUT2D eigenvalue weighted by Gasteiger charge is -2.36. The van der Waals surface area contributed by atoms with Crippen LogP contribution in [0.15, 0.2) is 67.0 Å². The first-order valence-corrected chi connectivity index (χ1v) is 10.0. The topological polar surface area (TPSA) is 86.7 Å². The highest BCUT2D eigenvalue weighted by Gasteiger charge is 2.37. The van der Waals surface area contributed by atoms with Gasteiger partial charge in [-0.2, -0.15) is 10.2 Å². The van der Waals surface area contributed by atoms with Gasteiger partial charge in [-0.15, -0.1) is 0 Å². The zero-order valence-electron chi connectivity index (χ0n) is 16.6. The Morgan fingerprint density at radius 3 is 1.87 bits per heavy atom. The Bertz CT molecular complexity index is 1120. The molecule has 5 rings (SSSR count). The van der Waals surface area contributed by atoms with Crippen LogP contribution < -0.4 is 9.80 Å². The molecule has 3 aromatic rings. The number of nitrogens with zero attached hydrogens (tertiary/aromatic N) is 5. The maximum atomic E-state index is 12.9. The molecule has 0 spiro atoms. The van der Waals surface area contributed by atoms with Gasteiger partial charge in [0.25, 0.3) is 17.7 Å². The summed E-state index contributed by atoms with van der Waals surface area (Å²) < 4.78 is 0. The molecule has 8 nitrogen and oxygen atoms in total. The lowest BCUT2D eigenvalue weighted by atomic mass is 10.1. The van der Waals surface area contributed by atoms with Gasteiger partial charge in [0.05, 0.1) is 29.2 Å².